The van der Waals surface area contributed by atoms with Gasteiger partial charge in [0.25, 0.3) is 0 Å². The first kappa shape index (κ1) is 27.3. The molecule has 2 aliphatic rings. The number of hydrogen-bond acceptors (Lipinski definition) is 6. The van der Waals surface area contributed by atoms with Crippen LogP contribution in [0.5, 0.6) is 0 Å². The largest absolute Gasteiger partial charge is 0.459 e. The van der Waals surface area contributed by atoms with Crippen molar-refractivity contribution >= 4 is 16.0 Å². The van der Waals surface area contributed by atoms with E-state index >= 15 is 0 Å². The second-order valence-corrected chi connectivity index (χ2v) is 11.8. The first-order valence-electron chi connectivity index (χ1n) is 11.2. The van der Waals surface area contributed by atoms with Crippen molar-refractivity contribution < 1.29 is 40.6 Å². The van der Waals surface area contributed by atoms with E-state index < -0.39 is 38.9 Å². The molecule has 0 spiro atoms. The molecule has 32 heavy (non-hydrogen) atoms. The summed E-state index contributed by atoms with van der Waals surface area (Å²) in [5.74, 6) is -0.487. The van der Waals surface area contributed by atoms with Crippen LogP contribution < -0.4 is 0 Å². The fraction of sp³-hybridized carbons (Fsp3) is 0.952. The Hall–Kier alpha value is -0.910. The zero-order valence-corrected chi connectivity index (χ0v) is 20.0. The highest BCUT2D eigenvalue weighted by Crippen LogP contribution is 2.37. The summed E-state index contributed by atoms with van der Waals surface area (Å²) in [4.78, 5) is 13.0. The summed E-state index contributed by atoms with van der Waals surface area (Å²) in [5, 5.41) is 0. The summed E-state index contributed by atoms with van der Waals surface area (Å²) in [6.45, 7) is 6.51. The van der Waals surface area contributed by atoms with Crippen LogP contribution in [0.15, 0.2) is 0 Å². The van der Waals surface area contributed by atoms with Crippen molar-refractivity contribution in [2.24, 2.45) is 5.92 Å². The van der Waals surface area contributed by atoms with Crippen LogP contribution in [-0.2, 0) is 29.0 Å². The molecule has 0 N–H and O–H groups in total. The van der Waals surface area contributed by atoms with E-state index in [-0.39, 0.29) is 45.0 Å². The second kappa shape index (κ2) is 11.0. The molecule has 188 valence electrons. The van der Waals surface area contributed by atoms with E-state index in [0.717, 1.165) is 0 Å². The molecule has 2 heterocycles. The van der Waals surface area contributed by atoms with Crippen molar-refractivity contribution in [3.63, 3.8) is 0 Å². The SMILES string of the molecule is CC(C)(C)OC(=O)C1(S(=O)(=O)N2CCC(CCOCCCC(F)(F)F)CC2)CCOCC1. The molecule has 2 fully saturated rings. The number of sulfonamides is 1. The van der Waals surface area contributed by atoms with Crippen molar-refractivity contribution in [1.29, 1.82) is 0 Å². The van der Waals surface area contributed by atoms with Crippen LogP contribution in [0.3, 0.4) is 0 Å². The van der Waals surface area contributed by atoms with Crippen molar-refractivity contribution in [2.75, 3.05) is 39.5 Å². The van der Waals surface area contributed by atoms with Gasteiger partial charge in [-0.1, -0.05) is 0 Å². The highest BCUT2D eigenvalue weighted by molar-refractivity contribution is 7.91. The minimum Gasteiger partial charge on any atom is -0.459 e. The van der Waals surface area contributed by atoms with Crippen LogP contribution in [0, 0.1) is 5.92 Å². The third-order valence-corrected chi connectivity index (χ3v) is 8.51. The molecule has 2 rings (SSSR count). The summed E-state index contributed by atoms with van der Waals surface area (Å²) in [6, 6.07) is 0. The van der Waals surface area contributed by atoms with Crippen LogP contribution in [0.4, 0.5) is 13.2 Å². The Balaban J connectivity index is 1.89. The van der Waals surface area contributed by atoms with Gasteiger partial charge in [0.1, 0.15) is 5.60 Å². The summed E-state index contributed by atoms with van der Waals surface area (Å²) in [6.07, 6.45) is -3.04. The average Bonchev–Trinajstić information content (AvgIpc) is 2.69. The summed E-state index contributed by atoms with van der Waals surface area (Å²) >= 11 is 0. The number of ether oxygens (including phenoxy) is 3. The number of carbonyl (C=O) groups excluding carboxylic acids is 1. The third kappa shape index (κ3) is 7.56. The number of halogens is 3. The maximum atomic E-state index is 13.6. The van der Waals surface area contributed by atoms with Gasteiger partial charge in [-0.2, -0.15) is 13.2 Å². The molecule has 0 radical (unpaired) electrons. The van der Waals surface area contributed by atoms with Crippen molar-refractivity contribution in [1.82, 2.24) is 4.31 Å². The zero-order valence-electron chi connectivity index (χ0n) is 19.2. The fourth-order valence-electron chi connectivity index (χ4n) is 4.05. The standard InChI is InChI=1S/C21H36F3NO6S/c1-19(2,3)31-18(26)20(9-15-30-16-10-20)32(27,28)25-11-5-17(6-12-25)7-14-29-13-4-8-21(22,23)24/h17H,4-16H2,1-3H3. The molecular weight excluding hydrogens is 451 g/mol. The quantitative estimate of drug-likeness (QED) is 0.365. The zero-order chi connectivity index (χ0) is 24.0. The van der Waals surface area contributed by atoms with Gasteiger partial charge in [0.2, 0.25) is 10.0 Å². The predicted molar refractivity (Wildman–Crippen MR) is 113 cm³/mol. The molecule has 2 saturated heterocycles. The fourth-order valence-corrected chi connectivity index (χ4v) is 6.17. The van der Waals surface area contributed by atoms with Crippen LogP contribution in [0.25, 0.3) is 0 Å². The first-order chi connectivity index (χ1) is 14.8. The van der Waals surface area contributed by atoms with Gasteiger partial charge in [-0.05, 0) is 52.4 Å². The third-order valence-electron chi connectivity index (χ3n) is 5.90. The molecular formula is C21H36F3NO6S. The van der Waals surface area contributed by atoms with Gasteiger partial charge in [-0.25, -0.2) is 12.7 Å². The van der Waals surface area contributed by atoms with Gasteiger partial charge in [-0.3, -0.25) is 4.79 Å². The van der Waals surface area contributed by atoms with Crippen LogP contribution in [0.1, 0.15) is 65.7 Å². The molecule has 11 heteroatoms. The Labute approximate surface area is 189 Å². The summed E-state index contributed by atoms with van der Waals surface area (Å²) < 4.78 is 79.4. The normalized spacial score (nSPS) is 21.4. The second-order valence-electron chi connectivity index (χ2n) is 9.58. The molecule has 0 atom stereocenters. The number of hydrogen-bond donors (Lipinski definition) is 0. The lowest BCUT2D eigenvalue weighted by Crippen LogP contribution is -2.59. The maximum absolute atomic E-state index is 13.6. The van der Waals surface area contributed by atoms with E-state index in [9.17, 15) is 26.4 Å². The molecule has 0 bridgehead atoms. The monoisotopic (exact) mass is 487 g/mol. The number of nitrogens with zero attached hydrogens (tertiary/aromatic N) is 1. The van der Waals surface area contributed by atoms with Crippen molar-refractivity contribution in [3.8, 4) is 0 Å². The highest BCUT2D eigenvalue weighted by atomic mass is 32.2. The van der Waals surface area contributed by atoms with E-state index in [1.807, 2.05) is 0 Å². The first-order valence-corrected chi connectivity index (χ1v) is 12.7. The summed E-state index contributed by atoms with van der Waals surface area (Å²) in [5.41, 5.74) is -0.801. The van der Waals surface area contributed by atoms with E-state index in [0.29, 0.717) is 39.0 Å². The van der Waals surface area contributed by atoms with E-state index in [2.05, 4.69) is 0 Å². The van der Waals surface area contributed by atoms with E-state index in [1.165, 1.54) is 4.31 Å². The number of carbonyl (C=O) groups is 1. The minimum absolute atomic E-state index is 0.0589. The molecule has 0 aromatic rings. The molecule has 2 aliphatic heterocycles. The lowest BCUT2D eigenvalue weighted by molar-refractivity contribution is -0.161. The minimum atomic E-state index is -4.16. The number of piperidine rings is 1. The van der Waals surface area contributed by atoms with Gasteiger partial charge in [-0.15, -0.1) is 0 Å². The average molecular weight is 488 g/mol. The molecule has 0 aromatic carbocycles. The smallest absolute Gasteiger partial charge is 0.389 e. The lowest BCUT2D eigenvalue weighted by Gasteiger charge is -2.41. The maximum Gasteiger partial charge on any atom is 0.389 e. The van der Waals surface area contributed by atoms with Gasteiger partial charge in [0.05, 0.1) is 0 Å². The molecule has 0 saturated carbocycles. The Bertz CT molecular complexity index is 706. The Morgan fingerprint density at radius 3 is 2.22 bits per heavy atom. The van der Waals surface area contributed by atoms with Crippen LogP contribution in [-0.4, -0.2) is 74.7 Å². The molecule has 7 nitrogen and oxygen atoms in total. The topological polar surface area (TPSA) is 82.1 Å². The van der Waals surface area contributed by atoms with E-state index in [4.69, 9.17) is 14.2 Å². The number of esters is 1. The van der Waals surface area contributed by atoms with Gasteiger partial charge in [0.15, 0.2) is 4.75 Å². The molecule has 0 aromatic heterocycles. The van der Waals surface area contributed by atoms with Crippen LogP contribution in [0.2, 0.25) is 0 Å². The predicted octanol–water partition coefficient (Wildman–Crippen LogP) is 3.67. The van der Waals surface area contributed by atoms with Gasteiger partial charge < -0.3 is 14.2 Å². The molecule has 0 amide bonds. The number of rotatable bonds is 9. The van der Waals surface area contributed by atoms with Gasteiger partial charge >= 0.3 is 12.1 Å². The van der Waals surface area contributed by atoms with Gasteiger partial charge in [0, 0.05) is 58.8 Å². The van der Waals surface area contributed by atoms with Crippen molar-refractivity contribution in [3.05, 3.63) is 0 Å². The summed E-state index contributed by atoms with van der Waals surface area (Å²) in [7, 11) is -3.95. The Morgan fingerprint density at radius 1 is 1.09 bits per heavy atom. The molecule has 0 aliphatic carbocycles. The van der Waals surface area contributed by atoms with Crippen LogP contribution >= 0.6 is 0 Å². The Kier molecular flexibility index (Phi) is 9.41. The van der Waals surface area contributed by atoms with Crippen molar-refractivity contribution in [2.45, 2.75) is 82.2 Å². The lowest BCUT2D eigenvalue weighted by atomic mass is 9.95. The molecule has 0 unspecified atom stereocenters. The number of alkyl halides is 3. The highest BCUT2D eigenvalue weighted by Gasteiger charge is 2.56. The Morgan fingerprint density at radius 2 is 1.69 bits per heavy atom. The van der Waals surface area contributed by atoms with E-state index in [1.54, 1.807) is 20.8 Å².